The van der Waals surface area contributed by atoms with Crippen LogP contribution in [0.4, 0.5) is 17.3 Å². The third-order valence-corrected chi connectivity index (χ3v) is 5.79. The Morgan fingerprint density at radius 2 is 1.64 bits per heavy atom. The van der Waals surface area contributed by atoms with Crippen molar-refractivity contribution in [3.63, 3.8) is 0 Å². The average molecular weight is 447 g/mol. The zero-order chi connectivity index (χ0) is 23.0. The molecule has 0 bridgehead atoms. The van der Waals surface area contributed by atoms with E-state index in [-0.39, 0.29) is 29.7 Å². The van der Waals surface area contributed by atoms with E-state index in [4.69, 9.17) is 0 Å². The summed E-state index contributed by atoms with van der Waals surface area (Å²) in [6.07, 6.45) is 4.28. The van der Waals surface area contributed by atoms with Crippen molar-refractivity contribution < 1.29 is 9.72 Å². The summed E-state index contributed by atoms with van der Waals surface area (Å²) in [7, 11) is 0. The van der Waals surface area contributed by atoms with Gasteiger partial charge in [0.1, 0.15) is 6.33 Å². The van der Waals surface area contributed by atoms with Crippen molar-refractivity contribution in [3.05, 3.63) is 88.2 Å². The molecule has 0 atom stereocenters. The Balaban J connectivity index is 1.40. The molecule has 0 aliphatic carbocycles. The number of nitrogens with zero attached hydrogens (tertiary/aromatic N) is 4. The molecule has 1 saturated heterocycles. The SMILES string of the molecule is O=C(Cc1ccccc1)NNc1ncnc(N2CCC(Cc3ccccc3)CC2)c1[N+](=O)[O-]. The molecule has 2 heterocycles. The number of hydrogen-bond donors (Lipinski definition) is 2. The van der Waals surface area contributed by atoms with Crippen molar-refractivity contribution in [2.75, 3.05) is 23.4 Å². The van der Waals surface area contributed by atoms with E-state index in [0.29, 0.717) is 19.0 Å². The number of rotatable bonds is 8. The van der Waals surface area contributed by atoms with Crippen LogP contribution in [0.1, 0.15) is 24.0 Å². The first-order valence-electron chi connectivity index (χ1n) is 11.0. The minimum absolute atomic E-state index is 0.0298. The topological polar surface area (TPSA) is 113 Å². The molecule has 1 aromatic heterocycles. The van der Waals surface area contributed by atoms with Crippen molar-refractivity contribution in [1.29, 1.82) is 0 Å². The average Bonchev–Trinajstić information content (AvgIpc) is 2.84. The molecule has 0 unspecified atom stereocenters. The number of carbonyl (C=O) groups excluding carboxylic acids is 1. The molecule has 4 rings (SSSR count). The van der Waals surface area contributed by atoms with Gasteiger partial charge in [-0.2, -0.15) is 0 Å². The molecule has 0 spiro atoms. The summed E-state index contributed by atoms with van der Waals surface area (Å²) < 4.78 is 0. The zero-order valence-corrected chi connectivity index (χ0v) is 18.2. The fourth-order valence-corrected chi connectivity index (χ4v) is 4.11. The van der Waals surface area contributed by atoms with Crippen molar-refractivity contribution in [3.8, 4) is 0 Å². The van der Waals surface area contributed by atoms with Gasteiger partial charge in [0, 0.05) is 13.1 Å². The lowest BCUT2D eigenvalue weighted by molar-refractivity contribution is -0.383. The normalized spacial score (nSPS) is 14.0. The molecule has 2 N–H and O–H groups in total. The number of nitrogens with one attached hydrogen (secondary N) is 2. The van der Waals surface area contributed by atoms with Crippen LogP contribution in [0.15, 0.2) is 67.0 Å². The Morgan fingerprint density at radius 1 is 1.00 bits per heavy atom. The van der Waals surface area contributed by atoms with Crippen molar-refractivity contribution in [2.24, 2.45) is 5.92 Å². The maximum atomic E-state index is 12.2. The van der Waals surface area contributed by atoms with E-state index in [1.165, 1.54) is 11.9 Å². The summed E-state index contributed by atoms with van der Waals surface area (Å²) in [6, 6.07) is 19.6. The summed E-state index contributed by atoms with van der Waals surface area (Å²) >= 11 is 0. The first-order valence-corrected chi connectivity index (χ1v) is 11.0. The van der Waals surface area contributed by atoms with E-state index in [9.17, 15) is 14.9 Å². The van der Waals surface area contributed by atoms with Crippen LogP contribution in [-0.4, -0.2) is 33.9 Å². The number of anilines is 2. The molecular weight excluding hydrogens is 420 g/mol. The van der Waals surface area contributed by atoms with Gasteiger partial charge in [-0.3, -0.25) is 25.8 Å². The number of piperidine rings is 1. The second-order valence-corrected chi connectivity index (χ2v) is 8.11. The molecule has 3 aromatic rings. The lowest BCUT2D eigenvalue weighted by Gasteiger charge is -2.32. The molecule has 33 heavy (non-hydrogen) atoms. The van der Waals surface area contributed by atoms with Crippen LogP contribution >= 0.6 is 0 Å². The molecule has 1 fully saturated rings. The highest BCUT2D eigenvalue weighted by atomic mass is 16.6. The molecule has 1 aliphatic rings. The van der Waals surface area contributed by atoms with Gasteiger partial charge in [-0.15, -0.1) is 0 Å². The number of benzene rings is 2. The summed E-state index contributed by atoms with van der Waals surface area (Å²) in [5, 5.41) is 11.9. The van der Waals surface area contributed by atoms with Gasteiger partial charge in [0.05, 0.1) is 11.3 Å². The highest BCUT2D eigenvalue weighted by molar-refractivity contribution is 5.81. The smallest absolute Gasteiger partial charge is 0.351 e. The second kappa shape index (κ2) is 10.5. The van der Waals surface area contributed by atoms with E-state index >= 15 is 0 Å². The van der Waals surface area contributed by atoms with E-state index in [2.05, 4.69) is 33.0 Å². The number of nitro groups is 1. The third-order valence-electron chi connectivity index (χ3n) is 5.79. The molecule has 9 nitrogen and oxygen atoms in total. The lowest BCUT2D eigenvalue weighted by Crippen LogP contribution is -2.36. The molecule has 0 radical (unpaired) electrons. The van der Waals surface area contributed by atoms with Crippen LogP contribution in [0.2, 0.25) is 0 Å². The maximum absolute atomic E-state index is 12.2. The summed E-state index contributed by atoms with van der Waals surface area (Å²) in [4.78, 5) is 33.7. The summed E-state index contributed by atoms with van der Waals surface area (Å²) in [6.45, 7) is 1.35. The van der Waals surface area contributed by atoms with Gasteiger partial charge in [0.2, 0.25) is 17.5 Å². The number of hydrogen-bond acceptors (Lipinski definition) is 7. The largest absolute Gasteiger partial charge is 0.355 e. The zero-order valence-electron chi connectivity index (χ0n) is 18.2. The molecule has 1 aliphatic heterocycles. The highest BCUT2D eigenvalue weighted by Gasteiger charge is 2.30. The standard InChI is InChI=1S/C24H26N6O3/c31-21(16-19-9-5-2-6-10-19)27-28-23-22(30(32)33)24(26-17-25-23)29-13-11-20(12-14-29)15-18-7-3-1-4-8-18/h1-10,17,20H,11-16H2,(H,27,31)(H,25,26,28). The third kappa shape index (κ3) is 5.82. The van der Waals surface area contributed by atoms with E-state index in [0.717, 1.165) is 24.8 Å². The summed E-state index contributed by atoms with van der Waals surface area (Å²) in [5.41, 5.74) is 7.03. The molecule has 0 saturated carbocycles. The Bertz CT molecular complexity index is 1090. The predicted molar refractivity (Wildman–Crippen MR) is 126 cm³/mol. The van der Waals surface area contributed by atoms with E-state index in [1.54, 1.807) is 0 Å². The van der Waals surface area contributed by atoms with E-state index < -0.39 is 4.92 Å². The van der Waals surface area contributed by atoms with Gasteiger partial charge in [-0.05, 0) is 36.3 Å². The fraction of sp³-hybridized carbons (Fsp3) is 0.292. The maximum Gasteiger partial charge on any atom is 0.355 e. The quantitative estimate of drug-likeness (QED) is 0.402. The second-order valence-electron chi connectivity index (χ2n) is 8.11. The highest BCUT2D eigenvalue weighted by Crippen LogP contribution is 2.34. The van der Waals surface area contributed by atoms with Gasteiger partial charge >= 0.3 is 5.69 Å². The van der Waals surface area contributed by atoms with Gasteiger partial charge in [0.25, 0.3) is 0 Å². The number of carbonyl (C=O) groups is 1. The monoisotopic (exact) mass is 446 g/mol. The van der Waals surface area contributed by atoms with Crippen LogP contribution in [0.3, 0.4) is 0 Å². The van der Waals surface area contributed by atoms with Crippen LogP contribution < -0.4 is 15.8 Å². The van der Waals surface area contributed by atoms with Gasteiger partial charge in [-0.25, -0.2) is 9.97 Å². The first kappa shape index (κ1) is 22.2. The molecular formula is C24H26N6O3. The van der Waals surface area contributed by atoms with Gasteiger partial charge < -0.3 is 4.90 Å². The van der Waals surface area contributed by atoms with Crippen molar-refractivity contribution >= 4 is 23.2 Å². The number of amides is 1. The molecule has 170 valence electrons. The van der Waals surface area contributed by atoms with Crippen molar-refractivity contribution in [2.45, 2.75) is 25.7 Å². The van der Waals surface area contributed by atoms with Crippen LogP contribution in [0.5, 0.6) is 0 Å². The fourth-order valence-electron chi connectivity index (χ4n) is 4.11. The predicted octanol–water partition coefficient (Wildman–Crippen LogP) is 3.53. The van der Waals surface area contributed by atoms with Gasteiger partial charge in [0.15, 0.2) is 0 Å². The lowest BCUT2D eigenvalue weighted by atomic mass is 9.90. The van der Waals surface area contributed by atoms with Crippen LogP contribution in [0.25, 0.3) is 0 Å². The Morgan fingerprint density at radius 3 is 2.27 bits per heavy atom. The number of hydrazine groups is 1. The van der Waals surface area contributed by atoms with Gasteiger partial charge in [-0.1, -0.05) is 60.7 Å². The number of aromatic nitrogens is 2. The van der Waals surface area contributed by atoms with Crippen LogP contribution in [0, 0.1) is 16.0 Å². The van der Waals surface area contributed by atoms with Crippen LogP contribution in [-0.2, 0) is 17.6 Å². The summed E-state index contributed by atoms with van der Waals surface area (Å²) in [5.74, 6) is 0.447. The Kier molecular flexibility index (Phi) is 7.09. The minimum Gasteiger partial charge on any atom is -0.351 e. The van der Waals surface area contributed by atoms with E-state index in [1.807, 2.05) is 53.4 Å². The first-order chi connectivity index (χ1) is 16.1. The molecule has 2 aromatic carbocycles. The Labute approximate surface area is 192 Å². The molecule has 1 amide bonds. The molecule has 9 heteroatoms. The minimum atomic E-state index is -0.503. The Hall–Kier alpha value is -4.01. The van der Waals surface area contributed by atoms with Crippen molar-refractivity contribution in [1.82, 2.24) is 15.4 Å².